The Hall–Kier alpha value is -1.19. The number of likely N-dealkylation sites (tertiary alicyclic amines) is 1. The molecule has 1 aliphatic carbocycles. The third-order valence-electron chi connectivity index (χ3n) is 6.01. The van der Waals surface area contributed by atoms with Crippen LogP contribution in [-0.2, 0) is 25.0 Å². The second kappa shape index (κ2) is 11.6. The van der Waals surface area contributed by atoms with Crippen LogP contribution in [0.15, 0.2) is 18.2 Å². The number of phosphoric ester groups is 1. The maximum absolute atomic E-state index is 10.8. The number of rotatable bonds is 11. The molecule has 2 fully saturated rings. The number of hydrogen-bond acceptors (Lipinski definition) is 7. The first-order valence-electron chi connectivity index (χ1n) is 10.8. The molecule has 1 unspecified atom stereocenters. The summed E-state index contributed by atoms with van der Waals surface area (Å²) in [6.45, 7) is 1.87. The molecule has 31 heavy (non-hydrogen) atoms. The first-order chi connectivity index (χ1) is 14.9. The lowest BCUT2D eigenvalue weighted by molar-refractivity contribution is -0.0552. The Labute approximate surface area is 183 Å². The molecule has 9 nitrogen and oxygen atoms in total. The van der Waals surface area contributed by atoms with Crippen LogP contribution in [0.1, 0.15) is 37.7 Å². The van der Waals surface area contributed by atoms with E-state index in [9.17, 15) is 4.57 Å². The van der Waals surface area contributed by atoms with Gasteiger partial charge in [-0.1, -0.05) is 18.9 Å². The molecule has 1 aromatic rings. The van der Waals surface area contributed by atoms with Crippen LogP contribution in [0.4, 0.5) is 0 Å². The van der Waals surface area contributed by atoms with Crippen molar-refractivity contribution in [3.63, 3.8) is 0 Å². The number of phosphoric acid groups is 1. The van der Waals surface area contributed by atoms with Crippen LogP contribution in [0.3, 0.4) is 0 Å². The number of benzene rings is 1. The smallest absolute Gasteiger partial charge is 0.471 e. The van der Waals surface area contributed by atoms with Gasteiger partial charge in [-0.3, -0.25) is 9.42 Å². The molecule has 3 atom stereocenters. The summed E-state index contributed by atoms with van der Waals surface area (Å²) in [6, 6.07) is 6.28. The van der Waals surface area contributed by atoms with Gasteiger partial charge in [0.25, 0.3) is 0 Å². The molecule has 0 aromatic heterocycles. The fourth-order valence-electron chi connectivity index (χ4n) is 4.44. The van der Waals surface area contributed by atoms with E-state index in [1.807, 2.05) is 18.2 Å². The predicted molar refractivity (Wildman–Crippen MR) is 114 cm³/mol. The first kappa shape index (κ1) is 24.5. The molecule has 176 valence electrons. The van der Waals surface area contributed by atoms with Gasteiger partial charge >= 0.3 is 7.82 Å². The second-order valence-electron chi connectivity index (χ2n) is 8.01. The van der Waals surface area contributed by atoms with Crippen LogP contribution in [0.5, 0.6) is 11.5 Å². The first-order valence-corrected chi connectivity index (χ1v) is 12.3. The third-order valence-corrected chi connectivity index (χ3v) is 6.45. The highest BCUT2D eigenvalue weighted by atomic mass is 31.2. The zero-order valence-electron chi connectivity index (χ0n) is 18.3. The third kappa shape index (κ3) is 7.43. The maximum atomic E-state index is 10.8. The largest absolute Gasteiger partial charge is 0.493 e. The van der Waals surface area contributed by atoms with Crippen molar-refractivity contribution in [2.75, 3.05) is 40.7 Å². The topological polar surface area (TPSA) is 107 Å². The molecule has 1 saturated carbocycles. The van der Waals surface area contributed by atoms with E-state index < -0.39 is 14.6 Å². The molecular weight excluding hydrogens is 425 g/mol. The summed E-state index contributed by atoms with van der Waals surface area (Å²) >= 11 is 0. The molecule has 0 radical (unpaired) electrons. The molecule has 2 aliphatic rings. The molecule has 0 spiro atoms. The normalized spacial score (nSPS) is 25.0. The summed E-state index contributed by atoms with van der Waals surface area (Å²) in [4.78, 5) is 19.9. The van der Waals surface area contributed by atoms with Crippen LogP contribution >= 0.6 is 7.82 Å². The van der Waals surface area contributed by atoms with Crippen LogP contribution in [0, 0.1) is 0 Å². The highest BCUT2D eigenvalue weighted by Gasteiger charge is 2.35. The van der Waals surface area contributed by atoms with Crippen molar-refractivity contribution in [1.29, 1.82) is 0 Å². The van der Waals surface area contributed by atoms with E-state index in [0.717, 1.165) is 55.8 Å². The van der Waals surface area contributed by atoms with E-state index in [2.05, 4.69) is 9.42 Å². The lowest BCUT2D eigenvalue weighted by Gasteiger charge is -2.37. The molecule has 1 heterocycles. The molecular formula is C21H34NO8P. The van der Waals surface area contributed by atoms with Crippen molar-refractivity contribution >= 4 is 7.82 Å². The minimum atomic E-state index is -4.50. The minimum absolute atomic E-state index is 0.0825. The van der Waals surface area contributed by atoms with Crippen molar-refractivity contribution in [2.45, 2.75) is 56.8 Å². The van der Waals surface area contributed by atoms with E-state index in [0.29, 0.717) is 12.6 Å². The average molecular weight is 459 g/mol. The molecule has 1 aliphatic heterocycles. The fraction of sp³-hybridized carbons (Fsp3) is 0.714. The van der Waals surface area contributed by atoms with Gasteiger partial charge in [-0.2, -0.15) is 0 Å². The highest BCUT2D eigenvalue weighted by molar-refractivity contribution is 7.46. The predicted octanol–water partition coefficient (Wildman–Crippen LogP) is 2.73. The standard InChI is InChI=1S/C21H34NO8P/c1-26-20-8-7-16(13-21(20)27-2)10-12-28-19-6-4-3-5-18(19)22-11-9-17(14-22)29-15-30-31(23,24)25/h7-8,13,17-19H,3-6,9-12,14-15H2,1-2H3,(H2,23,24,25)/t17?,18-,19-/m0/s1. The molecule has 0 bridgehead atoms. The minimum Gasteiger partial charge on any atom is -0.493 e. The highest BCUT2D eigenvalue weighted by Crippen LogP contribution is 2.36. The zero-order valence-corrected chi connectivity index (χ0v) is 19.2. The van der Waals surface area contributed by atoms with E-state index in [4.69, 9.17) is 28.7 Å². The summed E-state index contributed by atoms with van der Waals surface area (Å²) in [5, 5.41) is 0. The summed E-state index contributed by atoms with van der Waals surface area (Å²) in [7, 11) is -1.23. The van der Waals surface area contributed by atoms with Crippen LogP contribution in [-0.4, -0.2) is 73.6 Å². The van der Waals surface area contributed by atoms with Gasteiger partial charge in [0.15, 0.2) is 18.3 Å². The van der Waals surface area contributed by atoms with Crippen molar-refractivity contribution in [3.8, 4) is 11.5 Å². The van der Waals surface area contributed by atoms with Crippen LogP contribution in [0.25, 0.3) is 0 Å². The molecule has 3 rings (SSSR count). The number of nitrogens with zero attached hydrogens (tertiary/aromatic N) is 1. The van der Waals surface area contributed by atoms with Crippen molar-refractivity contribution in [3.05, 3.63) is 23.8 Å². The lowest BCUT2D eigenvalue weighted by Crippen LogP contribution is -2.46. The second-order valence-corrected chi connectivity index (χ2v) is 9.25. The van der Waals surface area contributed by atoms with Gasteiger partial charge in [0, 0.05) is 19.1 Å². The van der Waals surface area contributed by atoms with Gasteiger partial charge in [-0.15, -0.1) is 0 Å². The van der Waals surface area contributed by atoms with Gasteiger partial charge in [0.2, 0.25) is 0 Å². The van der Waals surface area contributed by atoms with Crippen LogP contribution in [0.2, 0.25) is 0 Å². The monoisotopic (exact) mass is 459 g/mol. The van der Waals surface area contributed by atoms with Gasteiger partial charge in [-0.05, 0) is 43.4 Å². The number of methoxy groups -OCH3 is 2. The SMILES string of the molecule is COc1ccc(CCO[C@H]2CCCC[C@@H]2N2CCC(OCOP(=O)(O)O)C2)cc1OC. The van der Waals surface area contributed by atoms with Crippen LogP contribution < -0.4 is 9.47 Å². The molecule has 1 aromatic carbocycles. The Bertz CT molecular complexity index is 742. The Balaban J connectivity index is 1.47. The molecule has 2 N–H and O–H groups in total. The quantitative estimate of drug-likeness (QED) is 0.382. The summed E-state index contributed by atoms with van der Waals surface area (Å²) in [6.07, 6.45) is 6.20. The lowest BCUT2D eigenvalue weighted by atomic mass is 9.91. The Morgan fingerprint density at radius 3 is 2.58 bits per heavy atom. The van der Waals surface area contributed by atoms with E-state index in [-0.39, 0.29) is 12.2 Å². The summed E-state index contributed by atoms with van der Waals surface area (Å²) < 4.78 is 37.7. The summed E-state index contributed by atoms with van der Waals surface area (Å²) in [5.41, 5.74) is 1.14. The average Bonchev–Trinajstić information content (AvgIpc) is 3.21. The van der Waals surface area contributed by atoms with Crippen molar-refractivity contribution in [2.24, 2.45) is 0 Å². The van der Waals surface area contributed by atoms with Gasteiger partial charge in [0.1, 0.15) is 0 Å². The number of hydrogen-bond donors (Lipinski definition) is 2. The molecule has 0 amide bonds. The molecule has 1 saturated heterocycles. The summed E-state index contributed by atoms with van der Waals surface area (Å²) in [5.74, 6) is 1.44. The van der Waals surface area contributed by atoms with E-state index in [1.54, 1.807) is 14.2 Å². The van der Waals surface area contributed by atoms with Gasteiger partial charge in [0.05, 0.1) is 33.0 Å². The van der Waals surface area contributed by atoms with Gasteiger partial charge in [-0.25, -0.2) is 4.57 Å². The Morgan fingerprint density at radius 1 is 1.06 bits per heavy atom. The zero-order chi connectivity index (χ0) is 22.3. The Kier molecular flexibility index (Phi) is 9.16. The Morgan fingerprint density at radius 2 is 1.84 bits per heavy atom. The number of ether oxygens (including phenoxy) is 4. The van der Waals surface area contributed by atoms with Crippen molar-refractivity contribution in [1.82, 2.24) is 4.90 Å². The fourth-order valence-corrected chi connectivity index (χ4v) is 4.64. The molecule has 10 heteroatoms. The van der Waals surface area contributed by atoms with Crippen molar-refractivity contribution < 1.29 is 37.8 Å². The van der Waals surface area contributed by atoms with E-state index in [1.165, 1.54) is 12.8 Å². The van der Waals surface area contributed by atoms with Gasteiger partial charge < -0.3 is 28.7 Å². The maximum Gasteiger partial charge on any atom is 0.471 e. The van der Waals surface area contributed by atoms with E-state index >= 15 is 0 Å².